The minimum Gasteiger partial charge on any atom is -0.337 e. The Hall–Kier alpha value is -3.42. The van der Waals surface area contributed by atoms with Gasteiger partial charge in [-0.25, -0.2) is 0 Å². The first-order valence-corrected chi connectivity index (χ1v) is 9.28. The van der Waals surface area contributed by atoms with Crippen molar-refractivity contribution in [1.29, 1.82) is 0 Å². The van der Waals surface area contributed by atoms with E-state index in [-0.39, 0.29) is 23.9 Å². The highest BCUT2D eigenvalue weighted by molar-refractivity contribution is 5.95. The maximum Gasteiger partial charge on any atom is 0.272 e. The Morgan fingerprint density at radius 2 is 1.96 bits per heavy atom. The van der Waals surface area contributed by atoms with E-state index in [2.05, 4.69) is 10.1 Å². The van der Waals surface area contributed by atoms with Crippen LogP contribution in [0, 0.1) is 0 Å². The van der Waals surface area contributed by atoms with Crippen LogP contribution in [0.2, 0.25) is 0 Å². The van der Waals surface area contributed by atoms with Crippen LogP contribution in [0.5, 0.6) is 0 Å². The van der Waals surface area contributed by atoms with Crippen molar-refractivity contribution >= 4 is 11.8 Å². The molecule has 2 aliphatic heterocycles. The van der Waals surface area contributed by atoms with Crippen molar-refractivity contribution in [3.63, 3.8) is 0 Å². The van der Waals surface area contributed by atoms with E-state index in [0.29, 0.717) is 31.0 Å². The van der Waals surface area contributed by atoms with E-state index in [1.807, 2.05) is 50.9 Å². The summed E-state index contributed by atoms with van der Waals surface area (Å²) < 4.78 is 3.60. The van der Waals surface area contributed by atoms with Gasteiger partial charge in [-0.05, 0) is 30.3 Å². The molecule has 0 unspecified atom stereocenters. The Bertz CT molecular complexity index is 1040. The van der Waals surface area contributed by atoms with Gasteiger partial charge in [-0.1, -0.05) is 6.07 Å². The van der Waals surface area contributed by atoms with E-state index < -0.39 is 0 Å². The number of carbonyl (C=O) groups is 2. The molecule has 0 saturated carbocycles. The van der Waals surface area contributed by atoms with E-state index in [1.54, 1.807) is 30.2 Å². The van der Waals surface area contributed by atoms with Crippen LogP contribution >= 0.6 is 0 Å². The molecule has 0 spiro atoms. The van der Waals surface area contributed by atoms with Gasteiger partial charge in [0.05, 0.1) is 24.3 Å². The van der Waals surface area contributed by atoms with Gasteiger partial charge in [0.15, 0.2) is 0 Å². The van der Waals surface area contributed by atoms with E-state index in [4.69, 9.17) is 0 Å². The highest BCUT2D eigenvalue weighted by atomic mass is 16.2. The Kier molecular flexibility index (Phi) is 3.78. The van der Waals surface area contributed by atoms with Gasteiger partial charge < -0.3 is 14.4 Å². The maximum atomic E-state index is 13.1. The summed E-state index contributed by atoms with van der Waals surface area (Å²) in [6.45, 7) is 1.48. The number of amides is 2. The highest BCUT2D eigenvalue weighted by Gasteiger charge is 2.46. The zero-order valence-corrected chi connectivity index (χ0v) is 15.5. The first-order valence-electron chi connectivity index (χ1n) is 9.28. The first-order chi connectivity index (χ1) is 13.6. The van der Waals surface area contributed by atoms with E-state index in [1.165, 1.54) is 0 Å². The molecule has 0 aromatic carbocycles. The third-order valence-corrected chi connectivity index (χ3v) is 5.66. The second-order valence-corrected chi connectivity index (χ2v) is 7.24. The minimum absolute atomic E-state index is 0.0215. The number of aryl methyl sites for hydroxylation is 1. The number of fused-ring (bicyclic) bond motifs is 3. The second kappa shape index (κ2) is 6.33. The number of aromatic nitrogens is 4. The fraction of sp³-hybridized carbons (Fsp3) is 0.300. The molecule has 1 fully saturated rings. The summed E-state index contributed by atoms with van der Waals surface area (Å²) in [7, 11) is 1.76. The molecule has 0 bridgehead atoms. The zero-order valence-electron chi connectivity index (χ0n) is 15.5. The van der Waals surface area contributed by atoms with Crippen molar-refractivity contribution in [2.75, 3.05) is 13.1 Å². The lowest BCUT2D eigenvalue weighted by atomic mass is 10.1. The van der Waals surface area contributed by atoms with Gasteiger partial charge in [-0.2, -0.15) is 5.10 Å². The second-order valence-electron chi connectivity index (χ2n) is 7.24. The van der Waals surface area contributed by atoms with Gasteiger partial charge in [0, 0.05) is 38.7 Å². The first kappa shape index (κ1) is 16.7. The van der Waals surface area contributed by atoms with Gasteiger partial charge in [-0.15, -0.1) is 0 Å². The van der Waals surface area contributed by atoms with Gasteiger partial charge in [0.25, 0.3) is 11.8 Å². The summed E-state index contributed by atoms with van der Waals surface area (Å²) in [4.78, 5) is 34.2. The predicted octanol–water partition coefficient (Wildman–Crippen LogP) is 1.34. The van der Waals surface area contributed by atoms with Crippen LogP contribution in [-0.2, 0) is 13.6 Å². The molecular weight excluding hydrogens is 356 g/mol. The number of rotatable bonds is 3. The van der Waals surface area contributed by atoms with E-state index >= 15 is 0 Å². The van der Waals surface area contributed by atoms with Gasteiger partial charge in [0.1, 0.15) is 11.4 Å². The van der Waals surface area contributed by atoms with Crippen LogP contribution in [0.3, 0.4) is 0 Å². The van der Waals surface area contributed by atoms with Crippen molar-refractivity contribution in [2.24, 2.45) is 7.05 Å². The van der Waals surface area contributed by atoms with E-state index in [9.17, 15) is 9.59 Å². The molecule has 0 N–H and O–H groups in total. The lowest BCUT2D eigenvalue weighted by Crippen LogP contribution is -2.50. The Labute approximate surface area is 162 Å². The molecule has 142 valence electrons. The van der Waals surface area contributed by atoms with Crippen LogP contribution in [0.25, 0.3) is 0 Å². The fourth-order valence-electron chi connectivity index (χ4n) is 4.28. The number of pyridine rings is 1. The lowest BCUT2D eigenvalue weighted by Gasteiger charge is -2.37. The van der Waals surface area contributed by atoms with Crippen LogP contribution in [0.1, 0.15) is 32.7 Å². The van der Waals surface area contributed by atoms with Crippen molar-refractivity contribution in [1.82, 2.24) is 29.1 Å². The number of hydrogen-bond acceptors (Lipinski definition) is 4. The molecule has 5 heterocycles. The largest absolute Gasteiger partial charge is 0.337 e. The molecule has 0 aliphatic carbocycles. The average molecular weight is 376 g/mol. The summed E-state index contributed by atoms with van der Waals surface area (Å²) in [6, 6.07) is 11.1. The van der Waals surface area contributed by atoms with Gasteiger partial charge in [0.2, 0.25) is 0 Å². The average Bonchev–Trinajstić information content (AvgIpc) is 3.44. The molecule has 8 heteroatoms. The van der Waals surface area contributed by atoms with Gasteiger partial charge in [-0.3, -0.25) is 19.3 Å². The summed E-state index contributed by atoms with van der Waals surface area (Å²) >= 11 is 0. The topological polar surface area (TPSA) is 76.3 Å². The van der Waals surface area contributed by atoms with E-state index in [0.717, 1.165) is 5.69 Å². The predicted molar refractivity (Wildman–Crippen MR) is 100 cm³/mol. The molecule has 28 heavy (non-hydrogen) atoms. The molecule has 2 atom stereocenters. The van der Waals surface area contributed by atoms with Crippen LogP contribution in [0.4, 0.5) is 0 Å². The van der Waals surface area contributed by atoms with Crippen molar-refractivity contribution in [3.05, 3.63) is 72.1 Å². The van der Waals surface area contributed by atoms with Crippen molar-refractivity contribution < 1.29 is 9.59 Å². The van der Waals surface area contributed by atoms with Crippen LogP contribution in [0.15, 0.2) is 55.0 Å². The quantitative estimate of drug-likeness (QED) is 0.691. The summed E-state index contributed by atoms with van der Waals surface area (Å²) in [5.74, 6) is -0.0833. The normalized spacial score (nSPS) is 21.0. The monoisotopic (exact) mass is 376 g/mol. The number of carbonyl (C=O) groups excluding carboxylic acids is 2. The smallest absolute Gasteiger partial charge is 0.272 e. The Morgan fingerprint density at radius 3 is 2.71 bits per heavy atom. The molecular formula is C20H20N6O2. The molecule has 8 nitrogen and oxygen atoms in total. The number of hydrogen-bond donors (Lipinski definition) is 0. The molecule has 3 aromatic rings. The molecule has 2 aliphatic rings. The summed E-state index contributed by atoms with van der Waals surface area (Å²) in [5.41, 5.74) is 2.05. The molecule has 1 saturated heterocycles. The third-order valence-electron chi connectivity index (χ3n) is 5.66. The highest BCUT2D eigenvalue weighted by Crippen LogP contribution is 2.35. The summed E-state index contributed by atoms with van der Waals surface area (Å²) in [6.07, 6.45) is 5.29. The molecule has 0 radical (unpaired) electrons. The zero-order chi connectivity index (χ0) is 19.3. The van der Waals surface area contributed by atoms with Crippen molar-refractivity contribution in [2.45, 2.75) is 18.6 Å². The Morgan fingerprint density at radius 1 is 1.11 bits per heavy atom. The summed E-state index contributed by atoms with van der Waals surface area (Å²) in [5, 5.41) is 4.10. The van der Waals surface area contributed by atoms with Crippen molar-refractivity contribution in [3.8, 4) is 0 Å². The molecule has 3 aromatic heterocycles. The number of nitrogens with zero attached hydrogens (tertiary/aromatic N) is 6. The SMILES string of the molecule is Cn1nccc1C(=O)N1C[C@@H]2[C@H](C1)n1cccc1C(=O)N2Cc1ccccn1. The van der Waals surface area contributed by atoms with Crippen LogP contribution < -0.4 is 0 Å². The van der Waals surface area contributed by atoms with Crippen LogP contribution in [-0.4, -0.2) is 60.1 Å². The van der Waals surface area contributed by atoms with Gasteiger partial charge >= 0.3 is 0 Å². The maximum absolute atomic E-state index is 13.1. The third kappa shape index (κ3) is 2.52. The lowest BCUT2D eigenvalue weighted by molar-refractivity contribution is 0.0547. The fourth-order valence-corrected chi connectivity index (χ4v) is 4.28. The number of likely N-dealkylation sites (tertiary alicyclic amines) is 1. The standard InChI is InChI=1S/C20H20N6O2/c1-23-15(7-9-22-23)19(27)24-12-17-18(13-24)26(11-14-5-2-3-8-21-14)20(28)16-6-4-10-25(16)17/h2-10,17-18H,11-13H2,1H3/t17-,18+/m0/s1. The minimum atomic E-state index is -0.0911. The molecule has 2 amide bonds. The Balaban J connectivity index is 1.48. The molecule has 5 rings (SSSR count).